The van der Waals surface area contributed by atoms with Gasteiger partial charge in [-0.15, -0.1) is 0 Å². The molecular formula is C13H13BrN2O4. The zero-order valence-electron chi connectivity index (χ0n) is 10.9. The number of rotatable bonds is 3. The molecule has 2 aromatic rings. The summed E-state index contributed by atoms with van der Waals surface area (Å²) in [6.45, 7) is 1.76. The van der Waals surface area contributed by atoms with Crippen LogP contribution in [0.5, 0.6) is 17.4 Å². The Balaban J connectivity index is 2.63. The van der Waals surface area contributed by atoms with Crippen molar-refractivity contribution in [2.45, 2.75) is 13.3 Å². The Morgan fingerprint density at radius 3 is 2.65 bits per heavy atom. The first-order valence-corrected chi connectivity index (χ1v) is 6.66. The summed E-state index contributed by atoms with van der Waals surface area (Å²) in [5.41, 5.74) is 0.346. The Labute approximate surface area is 123 Å². The van der Waals surface area contributed by atoms with Crippen LogP contribution in [0.2, 0.25) is 0 Å². The second-order valence-corrected chi connectivity index (χ2v) is 4.93. The number of methoxy groups -OCH3 is 1. The van der Waals surface area contributed by atoms with Crippen LogP contribution in [0.15, 0.2) is 21.4 Å². The Morgan fingerprint density at radius 1 is 1.40 bits per heavy atom. The summed E-state index contributed by atoms with van der Waals surface area (Å²) in [6, 6.07) is 3.09. The summed E-state index contributed by atoms with van der Waals surface area (Å²) in [6.07, 6.45) is 0.386. The molecule has 20 heavy (non-hydrogen) atoms. The first kappa shape index (κ1) is 14.4. The van der Waals surface area contributed by atoms with Crippen LogP contribution in [-0.4, -0.2) is 27.3 Å². The number of benzene rings is 1. The van der Waals surface area contributed by atoms with Gasteiger partial charge in [0.2, 0.25) is 5.88 Å². The first-order chi connectivity index (χ1) is 9.47. The topological polar surface area (TPSA) is 95.4 Å². The van der Waals surface area contributed by atoms with Gasteiger partial charge in [0.1, 0.15) is 5.82 Å². The lowest BCUT2D eigenvalue weighted by atomic mass is 10.1. The van der Waals surface area contributed by atoms with Gasteiger partial charge in [0.25, 0.3) is 5.56 Å². The second-order valence-electron chi connectivity index (χ2n) is 4.08. The number of phenolic OH excluding ortho intramolecular Hbond substituents is 1. The van der Waals surface area contributed by atoms with Gasteiger partial charge in [-0.1, -0.05) is 6.92 Å². The number of phenols is 1. The predicted octanol–water partition coefficient (Wildman–Crippen LogP) is 2.18. The molecule has 0 atom stereocenters. The van der Waals surface area contributed by atoms with Crippen molar-refractivity contribution in [2.75, 3.05) is 7.11 Å². The van der Waals surface area contributed by atoms with E-state index in [-0.39, 0.29) is 28.8 Å². The van der Waals surface area contributed by atoms with Crippen molar-refractivity contribution in [2.24, 2.45) is 0 Å². The van der Waals surface area contributed by atoms with Crippen LogP contribution in [0.1, 0.15) is 12.5 Å². The van der Waals surface area contributed by atoms with Crippen molar-refractivity contribution in [3.8, 4) is 28.8 Å². The standard InChI is InChI=1S/C13H13BrN2O4/c1-3-7-12(18)15-11(16-13(7)19)6-4-8(14)10(17)9(5-6)20-2/h4-5,17H,3H2,1-2H3,(H2,15,16,18,19). The van der Waals surface area contributed by atoms with E-state index in [0.717, 1.165) is 0 Å². The number of aromatic nitrogens is 2. The molecule has 0 unspecified atom stereocenters. The van der Waals surface area contributed by atoms with E-state index < -0.39 is 5.56 Å². The molecule has 0 radical (unpaired) electrons. The van der Waals surface area contributed by atoms with E-state index in [4.69, 9.17) is 4.74 Å². The smallest absolute Gasteiger partial charge is 0.258 e. The summed E-state index contributed by atoms with van der Waals surface area (Å²) in [4.78, 5) is 18.4. The first-order valence-electron chi connectivity index (χ1n) is 5.87. The molecule has 0 bridgehead atoms. The highest BCUT2D eigenvalue weighted by Gasteiger charge is 2.14. The Bertz CT molecular complexity index is 712. The van der Waals surface area contributed by atoms with Gasteiger partial charge < -0.3 is 19.9 Å². The number of aromatic hydroxyl groups is 2. The normalized spacial score (nSPS) is 10.6. The van der Waals surface area contributed by atoms with E-state index in [2.05, 4.69) is 25.9 Å². The zero-order valence-corrected chi connectivity index (χ0v) is 12.5. The fourth-order valence-electron chi connectivity index (χ4n) is 1.81. The minimum absolute atomic E-state index is 0.0482. The third kappa shape index (κ3) is 2.49. The van der Waals surface area contributed by atoms with E-state index in [1.807, 2.05) is 0 Å². The van der Waals surface area contributed by atoms with E-state index in [1.54, 1.807) is 13.0 Å². The van der Waals surface area contributed by atoms with Crippen LogP contribution in [0.4, 0.5) is 0 Å². The fraction of sp³-hybridized carbons (Fsp3) is 0.231. The SMILES string of the molecule is CCc1c(O)nc(-c2cc(Br)c(O)c(OC)c2)[nH]c1=O. The molecule has 0 aliphatic rings. The van der Waals surface area contributed by atoms with Crippen LogP contribution >= 0.6 is 15.9 Å². The quantitative estimate of drug-likeness (QED) is 0.795. The van der Waals surface area contributed by atoms with E-state index in [0.29, 0.717) is 16.5 Å². The Morgan fingerprint density at radius 2 is 2.10 bits per heavy atom. The van der Waals surface area contributed by atoms with Crippen LogP contribution < -0.4 is 10.3 Å². The molecule has 0 spiro atoms. The van der Waals surface area contributed by atoms with Gasteiger partial charge in [0.15, 0.2) is 11.5 Å². The molecule has 1 aromatic heterocycles. The molecule has 0 saturated carbocycles. The molecule has 1 aromatic carbocycles. The molecule has 7 heteroatoms. The highest BCUT2D eigenvalue weighted by atomic mass is 79.9. The van der Waals surface area contributed by atoms with Crippen molar-refractivity contribution < 1.29 is 14.9 Å². The number of ether oxygens (including phenoxy) is 1. The minimum atomic E-state index is -0.391. The third-order valence-electron chi connectivity index (χ3n) is 2.87. The summed E-state index contributed by atoms with van der Waals surface area (Å²) < 4.78 is 5.43. The summed E-state index contributed by atoms with van der Waals surface area (Å²) in [7, 11) is 1.42. The van der Waals surface area contributed by atoms with Crippen LogP contribution in [0.25, 0.3) is 11.4 Å². The number of aromatic amines is 1. The number of hydrogen-bond donors (Lipinski definition) is 3. The zero-order chi connectivity index (χ0) is 14.9. The lowest BCUT2D eigenvalue weighted by Crippen LogP contribution is -2.14. The molecule has 0 aliphatic carbocycles. The number of H-pyrrole nitrogens is 1. The predicted molar refractivity (Wildman–Crippen MR) is 77.3 cm³/mol. The third-order valence-corrected chi connectivity index (χ3v) is 3.47. The van der Waals surface area contributed by atoms with Gasteiger partial charge in [0, 0.05) is 5.56 Å². The van der Waals surface area contributed by atoms with Crippen molar-refractivity contribution in [1.82, 2.24) is 9.97 Å². The average Bonchev–Trinajstić information content (AvgIpc) is 2.41. The van der Waals surface area contributed by atoms with Gasteiger partial charge in [-0.25, -0.2) is 0 Å². The summed E-state index contributed by atoms with van der Waals surface area (Å²) in [5, 5.41) is 19.5. The number of halogens is 1. The molecule has 1 heterocycles. The number of nitrogens with one attached hydrogen (secondary N) is 1. The van der Waals surface area contributed by atoms with Crippen molar-refractivity contribution in [3.63, 3.8) is 0 Å². The molecule has 106 valence electrons. The number of hydrogen-bond acceptors (Lipinski definition) is 5. The molecule has 6 nitrogen and oxygen atoms in total. The lowest BCUT2D eigenvalue weighted by molar-refractivity contribution is 0.372. The molecule has 2 rings (SSSR count). The van der Waals surface area contributed by atoms with Crippen molar-refractivity contribution in [1.29, 1.82) is 0 Å². The van der Waals surface area contributed by atoms with Gasteiger partial charge in [0.05, 0.1) is 17.1 Å². The van der Waals surface area contributed by atoms with Crippen LogP contribution in [0, 0.1) is 0 Å². The van der Waals surface area contributed by atoms with Crippen molar-refractivity contribution >= 4 is 15.9 Å². The van der Waals surface area contributed by atoms with E-state index in [1.165, 1.54) is 13.2 Å². The highest BCUT2D eigenvalue weighted by Crippen LogP contribution is 2.37. The van der Waals surface area contributed by atoms with E-state index >= 15 is 0 Å². The minimum Gasteiger partial charge on any atom is -0.503 e. The van der Waals surface area contributed by atoms with E-state index in [9.17, 15) is 15.0 Å². The van der Waals surface area contributed by atoms with Gasteiger partial charge in [-0.05, 0) is 34.5 Å². The molecule has 0 amide bonds. The molecule has 0 saturated heterocycles. The largest absolute Gasteiger partial charge is 0.503 e. The molecular weight excluding hydrogens is 328 g/mol. The van der Waals surface area contributed by atoms with Crippen molar-refractivity contribution in [3.05, 3.63) is 32.5 Å². The van der Waals surface area contributed by atoms with Crippen LogP contribution in [0.3, 0.4) is 0 Å². The van der Waals surface area contributed by atoms with Crippen LogP contribution in [-0.2, 0) is 6.42 Å². The Hall–Kier alpha value is -2.02. The monoisotopic (exact) mass is 340 g/mol. The molecule has 0 fully saturated rings. The maximum absolute atomic E-state index is 11.8. The summed E-state index contributed by atoms with van der Waals surface area (Å²) in [5.74, 6) is 0.0854. The van der Waals surface area contributed by atoms with Gasteiger partial charge in [-0.3, -0.25) is 4.79 Å². The molecule has 3 N–H and O–H groups in total. The Kier molecular flexibility index (Phi) is 3.99. The summed E-state index contributed by atoms with van der Waals surface area (Å²) >= 11 is 3.19. The maximum Gasteiger partial charge on any atom is 0.258 e. The highest BCUT2D eigenvalue weighted by molar-refractivity contribution is 9.10. The van der Waals surface area contributed by atoms with Gasteiger partial charge in [-0.2, -0.15) is 4.98 Å². The maximum atomic E-state index is 11.8. The van der Waals surface area contributed by atoms with Gasteiger partial charge >= 0.3 is 0 Å². The molecule has 0 aliphatic heterocycles. The second kappa shape index (κ2) is 5.54. The number of nitrogens with zero attached hydrogens (tertiary/aromatic N) is 1. The lowest BCUT2D eigenvalue weighted by Gasteiger charge is -2.09. The average molecular weight is 341 g/mol. The fourth-order valence-corrected chi connectivity index (χ4v) is 2.25.